The van der Waals surface area contributed by atoms with Gasteiger partial charge in [0.1, 0.15) is 5.75 Å². The van der Waals surface area contributed by atoms with Crippen molar-refractivity contribution in [1.82, 2.24) is 4.98 Å². The van der Waals surface area contributed by atoms with Gasteiger partial charge in [-0.15, -0.1) is 0 Å². The lowest BCUT2D eigenvalue weighted by Gasteiger charge is -2.09. The number of hydrogen-bond acceptors (Lipinski definition) is 4. The van der Waals surface area contributed by atoms with Crippen molar-refractivity contribution in [1.29, 1.82) is 0 Å². The molecule has 0 amide bonds. The molecule has 5 heteroatoms. The van der Waals surface area contributed by atoms with E-state index in [4.69, 9.17) is 15.6 Å². The summed E-state index contributed by atoms with van der Waals surface area (Å²) < 4.78 is 5.64. The van der Waals surface area contributed by atoms with Crippen LogP contribution in [-0.4, -0.2) is 16.1 Å². The normalized spacial score (nSPS) is 13.0. The lowest BCUT2D eigenvalue weighted by atomic mass is 10.1. The summed E-state index contributed by atoms with van der Waals surface area (Å²) in [4.78, 5) is 14.8. The third-order valence-electron chi connectivity index (χ3n) is 3.41. The van der Waals surface area contributed by atoms with E-state index in [2.05, 4.69) is 11.1 Å². The molecular formula is C15H14N2O3. The summed E-state index contributed by atoms with van der Waals surface area (Å²) in [5, 5.41) is 8.86. The van der Waals surface area contributed by atoms with Crippen molar-refractivity contribution >= 4 is 11.7 Å². The van der Waals surface area contributed by atoms with Crippen LogP contribution in [-0.2, 0) is 12.8 Å². The molecule has 2 aromatic rings. The predicted molar refractivity (Wildman–Crippen MR) is 74.1 cm³/mol. The van der Waals surface area contributed by atoms with Gasteiger partial charge in [-0.1, -0.05) is 6.07 Å². The molecule has 1 aliphatic rings. The van der Waals surface area contributed by atoms with Gasteiger partial charge in [0.05, 0.1) is 11.3 Å². The van der Waals surface area contributed by atoms with Crippen molar-refractivity contribution in [3.63, 3.8) is 0 Å². The molecule has 0 atom stereocenters. The molecule has 0 radical (unpaired) electrons. The number of hydrogen-bond donors (Lipinski definition) is 2. The molecule has 5 nitrogen and oxygen atoms in total. The van der Waals surface area contributed by atoms with Gasteiger partial charge < -0.3 is 15.6 Å². The number of rotatable bonds is 3. The van der Waals surface area contributed by atoms with Gasteiger partial charge >= 0.3 is 5.97 Å². The largest absolute Gasteiger partial charge is 0.478 e. The maximum absolute atomic E-state index is 10.8. The number of anilines is 1. The first-order valence-electron chi connectivity index (χ1n) is 6.42. The van der Waals surface area contributed by atoms with E-state index in [0.717, 1.165) is 12.8 Å². The maximum Gasteiger partial charge on any atom is 0.337 e. The number of carbonyl (C=O) groups is 1. The van der Waals surface area contributed by atoms with Gasteiger partial charge in [0.15, 0.2) is 0 Å². The average Bonchev–Trinajstić information content (AvgIpc) is 2.88. The molecule has 102 valence electrons. The number of carboxylic acid groups (broad SMARTS) is 1. The third kappa shape index (κ3) is 2.30. The molecular weight excluding hydrogens is 256 g/mol. The number of nitrogen functional groups attached to an aromatic ring is 1. The summed E-state index contributed by atoms with van der Waals surface area (Å²) in [7, 11) is 0. The molecule has 20 heavy (non-hydrogen) atoms. The molecule has 0 saturated carbocycles. The van der Waals surface area contributed by atoms with Crippen LogP contribution in [0.2, 0.25) is 0 Å². The highest BCUT2D eigenvalue weighted by Gasteiger charge is 2.13. The third-order valence-corrected chi connectivity index (χ3v) is 3.41. The topological polar surface area (TPSA) is 85.4 Å². The van der Waals surface area contributed by atoms with Gasteiger partial charge in [-0.25, -0.2) is 9.78 Å². The highest BCUT2D eigenvalue weighted by Crippen LogP contribution is 2.30. The zero-order chi connectivity index (χ0) is 14.1. The van der Waals surface area contributed by atoms with E-state index >= 15 is 0 Å². The van der Waals surface area contributed by atoms with Crippen molar-refractivity contribution in [3.05, 3.63) is 47.2 Å². The Morgan fingerprint density at radius 2 is 2.05 bits per heavy atom. The van der Waals surface area contributed by atoms with Crippen LogP contribution in [0.15, 0.2) is 30.5 Å². The molecule has 3 rings (SSSR count). The minimum absolute atomic E-state index is 0.0452. The summed E-state index contributed by atoms with van der Waals surface area (Å²) >= 11 is 0. The van der Waals surface area contributed by atoms with Gasteiger partial charge in [-0.3, -0.25) is 0 Å². The minimum atomic E-state index is -1.06. The molecule has 0 spiro atoms. The number of ether oxygens (including phenoxy) is 1. The Morgan fingerprint density at radius 1 is 1.25 bits per heavy atom. The number of nitrogens with zero attached hydrogens (tertiary/aromatic N) is 1. The summed E-state index contributed by atoms with van der Waals surface area (Å²) in [6, 6.07) is 7.28. The van der Waals surface area contributed by atoms with E-state index in [1.807, 2.05) is 12.1 Å². The average molecular weight is 270 g/mol. The molecule has 0 bridgehead atoms. The van der Waals surface area contributed by atoms with Crippen LogP contribution in [0.5, 0.6) is 11.6 Å². The summed E-state index contributed by atoms with van der Waals surface area (Å²) in [5.41, 5.74) is 8.68. The molecule has 0 saturated heterocycles. The summed E-state index contributed by atoms with van der Waals surface area (Å²) in [5.74, 6) is -0.158. The Hall–Kier alpha value is -2.56. The lowest BCUT2D eigenvalue weighted by Crippen LogP contribution is -2.02. The van der Waals surface area contributed by atoms with Gasteiger partial charge in [0.25, 0.3) is 0 Å². The quantitative estimate of drug-likeness (QED) is 0.895. The molecule has 1 heterocycles. The zero-order valence-electron chi connectivity index (χ0n) is 10.8. The SMILES string of the molecule is Nc1cc(C(=O)O)cnc1Oc1ccc2c(c1)CCC2. The van der Waals surface area contributed by atoms with Crippen molar-refractivity contribution in [2.75, 3.05) is 5.73 Å². The van der Waals surface area contributed by atoms with Crippen LogP contribution < -0.4 is 10.5 Å². The van der Waals surface area contributed by atoms with Crippen LogP contribution in [0.4, 0.5) is 5.69 Å². The first-order valence-corrected chi connectivity index (χ1v) is 6.42. The second-order valence-electron chi connectivity index (χ2n) is 4.81. The highest BCUT2D eigenvalue weighted by molar-refractivity contribution is 5.88. The summed E-state index contributed by atoms with van der Waals surface area (Å²) in [6.45, 7) is 0. The minimum Gasteiger partial charge on any atom is -0.478 e. The number of aromatic carboxylic acids is 1. The molecule has 1 aliphatic carbocycles. The van der Waals surface area contributed by atoms with Crippen LogP contribution in [0.25, 0.3) is 0 Å². The van der Waals surface area contributed by atoms with Gasteiger partial charge in [-0.05, 0) is 48.6 Å². The number of fused-ring (bicyclic) bond motifs is 1. The van der Waals surface area contributed by atoms with Crippen molar-refractivity contribution in [3.8, 4) is 11.6 Å². The van der Waals surface area contributed by atoms with Crippen LogP contribution in [0.3, 0.4) is 0 Å². The molecule has 1 aromatic heterocycles. The smallest absolute Gasteiger partial charge is 0.337 e. The summed E-state index contributed by atoms with van der Waals surface area (Å²) in [6.07, 6.45) is 4.59. The van der Waals surface area contributed by atoms with Gasteiger partial charge in [0, 0.05) is 6.20 Å². The molecule has 0 fully saturated rings. The number of carboxylic acids is 1. The molecule has 0 unspecified atom stereocenters. The molecule has 3 N–H and O–H groups in total. The Bertz CT molecular complexity index is 683. The van der Waals surface area contributed by atoms with Crippen LogP contribution in [0, 0.1) is 0 Å². The van der Waals surface area contributed by atoms with Crippen molar-refractivity contribution in [2.45, 2.75) is 19.3 Å². The Balaban J connectivity index is 1.86. The highest BCUT2D eigenvalue weighted by atomic mass is 16.5. The fourth-order valence-corrected chi connectivity index (χ4v) is 2.39. The van der Waals surface area contributed by atoms with E-state index in [1.54, 1.807) is 0 Å². The number of pyridine rings is 1. The van der Waals surface area contributed by atoms with E-state index in [1.165, 1.54) is 29.8 Å². The predicted octanol–water partition coefficient (Wildman–Crippen LogP) is 2.64. The Labute approximate surface area is 116 Å². The Kier molecular flexibility index (Phi) is 3.02. The zero-order valence-corrected chi connectivity index (χ0v) is 10.8. The number of aryl methyl sites for hydroxylation is 2. The second kappa shape index (κ2) is 4.85. The van der Waals surface area contributed by atoms with Crippen molar-refractivity contribution < 1.29 is 14.6 Å². The number of aromatic nitrogens is 1. The monoisotopic (exact) mass is 270 g/mol. The molecule has 1 aromatic carbocycles. The Morgan fingerprint density at radius 3 is 2.80 bits per heavy atom. The molecule has 0 aliphatic heterocycles. The lowest BCUT2D eigenvalue weighted by molar-refractivity contribution is 0.0696. The van der Waals surface area contributed by atoms with E-state index in [-0.39, 0.29) is 17.1 Å². The van der Waals surface area contributed by atoms with E-state index in [0.29, 0.717) is 5.75 Å². The van der Waals surface area contributed by atoms with Gasteiger partial charge in [-0.2, -0.15) is 0 Å². The fourth-order valence-electron chi connectivity index (χ4n) is 2.39. The maximum atomic E-state index is 10.8. The van der Waals surface area contributed by atoms with Crippen molar-refractivity contribution in [2.24, 2.45) is 0 Å². The fraction of sp³-hybridized carbons (Fsp3) is 0.200. The van der Waals surface area contributed by atoms with Crippen LogP contribution in [0.1, 0.15) is 27.9 Å². The number of nitrogens with two attached hydrogens (primary N) is 1. The second-order valence-corrected chi connectivity index (χ2v) is 4.81. The van der Waals surface area contributed by atoms with Crippen LogP contribution >= 0.6 is 0 Å². The first-order chi connectivity index (χ1) is 9.63. The first kappa shape index (κ1) is 12.5. The van der Waals surface area contributed by atoms with E-state index < -0.39 is 5.97 Å². The standard InChI is InChI=1S/C15H14N2O3/c16-13-7-11(15(18)19)8-17-14(13)20-12-5-4-9-2-1-3-10(9)6-12/h4-8H,1-3,16H2,(H,18,19). The number of benzene rings is 1. The van der Waals surface area contributed by atoms with Gasteiger partial charge in [0.2, 0.25) is 5.88 Å². The van der Waals surface area contributed by atoms with E-state index in [9.17, 15) is 4.79 Å².